The Morgan fingerprint density at radius 1 is 1.00 bits per heavy atom. The van der Waals surface area contributed by atoms with E-state index in [1.165, 1.54) is 0 Å². The smallest absolute Gasteiger partial charge is 0.219 e. The number of hydrogen-bond donors (Lipinski definition) is 1. The highest BCUT2D eigenvalue weighted by atomic mass is 16.5. The van der Waals surface area contributed by atoms with Gasteiger partial charge in [0.25, 0.3) is 0 Å². The lowest BCUT2D eigenvalue weighted by atomic mass is 10.1. The van der Waals surface area contributed by atoms with E-state index < -0.39 is 0 Å². The van der Waals surface area contributed by atoms with Crippen LogP contribution in [0.2, 0.25) is 0 Å². The highest BCUT2D eigenvalue weighted by molar-refractivity contribution is 5.85. The van der Waals surface area contributed by atoms with Crippen molar-refractivity contribution in [1.82, 2.24) is 4.98 Å². The van der Waals surface area contributed by atoms with E-state index in [9.17, 15) is 5.11 Å². The molecule has 94 valence electrons. The van der Waals surface area contributed by atoms with Gasteiger partial charge in [-0.05, 0) is 41.5 Å². The number of hydrogen-bond acceptors (Lipinski definition) is 3. The van der Waals surface area contributed by atoms with Crippen LogP contribution in [0.15, 0.2) is 54.7 Å². The number of rotatable bonds is 2. The first-order valence-electron chi connectivity index (χ1n) is 6.05. The van der Waals surface area contributed by atoms with Crippen molar-refractivity contribution in [3.63, 3.8) is 0 Å². The van der Waals surface area contributed by atoms with Crippen LogP contribution in [0.3, 0.4) is 0 Å². The molecule has 3 heteroatoms. The van der Waals surface area contributed by atoms with E-state index >= 15 is 0 Å². The Morgan fingerprint density at radius 3 is 2.47 bits per heavy atom. The monoisotopic (exact) mass is 251 g/mol. The van der Waals surface area contributed by atoms with E-state index in [1.54, 1.807) is 12.3 Å². The Balaban J connectivity index is 2.03. The summed E-state index contributed by atoms with van der Waals surface area (Å²) < 4.78 is 5.64. The number of benzene rings is 2. The number of aromatic hydroxyl groups is 1. The summed E-state index contributed by atoms with van der Waals surface area (Å²) in [6, 6.07) is 15.0. The molecule has 0 aliphatic rings. The van der Waals surface area contributed by atoms with E-state index in [0.29, 0.717) is 11.6 Å². The fourth-order valence-corrected chi connectivity index (χ4v) is 1.97. The van der Waals surface area contributed by atoms with Crippen molar-refractivity contribution >= 4 is 10.8 Å². The third kappa shape index (κ3) is 2.36. The SMILES string of the molecule is Cc1ccnc(Oc2cc3ccccc3cc2O)c1. The van der Waals surface area contributed by atoms with Crippen LogP contribution in [0.1, 0.15) is 5.56 Å². The van der Waals surface area contributed by atoms with Gasteiger partial charge in [0.1, 0.15) is 0 Å². The zero-order chi connectivity index (χ0) is 13.2. The summed E-state index contributed by atoms with van der Waals surface area (Å²) in [6.45, 7) is 1.97. The molecule has 2 aromatic carbocycles. The second-order valence-corrected chi connectivity index (χ2v) is 4.44. The van der Waals surface area contributed by atoms with Gasteiger partial charge in [-0.25, -0.2) is 4.98 Å². The Morgan fingerprint density at radius 2 is 1.74 bits per heavy atom. The van der Waals surface area contributed by atoms with Crippen LogP contribution in [0.4, 0.5) is 0 Å². The van der Waals surface area contributed by atoms with E-state index in [2.05, 4.69) is 4.98 Å². The average molecular weight is 251 g/mol. The Kier molecular flexibility index (Phi) is 2.80. The van der Waals surface area contributed by atoms with Gasteiger partial charge in [0, 0.05) is 12.3 Å². The second-order valence-electron chi connectivity index (χ2n) is 4.44. The minimum Gasteiger partial charge on any atom is -0.504 e. The average Bonchev–Trinajstić information content (AvgIpc) is 2.40. The molecule has 1 heterocycles. The first-order chi connectivity index (χ1) is 9.22. The summed E-state index contributed by atoms with van der Waals surface area (Å²) in [5.74, 6) is 1.00. The molecule has 0 saturated heterocycles. The second kappa shape index (κ2) is 4.61. The van der Waals surface area contributed by atoms with Crippen molar-refractivity contribution in [3.8, 4) is 17.4 Å². The van der Waals surface area contributed by atoms with Gasteiger partial charge in [-0.2, -0.15) is 0 Å². The molecule has 19 heavy (non-hydrogen) atoms. The molecule has 0 bridgehead atoms. The predicted octanol–water partition coefficient (Wildman–Crippen LogP) is 4.04. The summed E-state index contributed by atoms with van der Waals surface area (Å²) in [4.78, 5) is 4.12. The van der Waals surface area contributed by atoms with Crippen molar-refractivity contribution in [2.45, 2.75) is 6.92 Å². The van der Waals surface area contributed by atoms with Crippen LogP contribution < -0.4 is 4.74 Å². The molecular formula is C16H13NO2. The van der Waals surface area contributed by atoms with Crippen LogP contribution in [0, 0.1) is 6.92 Å². The highest BCUT2D eigenvalue weighted by Gasteiger charge is 2.07. The molecule has 0 radical (unpaired) electrons. The van der Waals surface area contributed by atoms with E-state index in [4.69, 9.17) is 4.74 Å². The van der Waals surface area contributed by atoms with Gasteiger partial charge >= 0.3 is 0 Å². The van der Waals surface area contributed by atoms with Gasteiger partial charge in [-0.1, -0.05) is 24.3 Å². The molecule has 0 spiro atoms. The zero-order valence-corrected chi connectivity index (χ0v) is 10.5. The maximum absolute atomic E-state index is 9.99. The van der Waals surface area contributed by atoms with Crippen molar-refractivity contribution in [2.75, 3.05) is 0 Å². The summed E-state index contributed by atoms with van der Waals surface area (Å²) >= 11 is 0. The minimum atomic E-state index is 0.113. The molecule has 0 aliphatic heterocycles. The molecule has 0 unspecified atom stereocenters. The molecular weight excluding hydrogens is 238 g/mol. The standard InChI is InChI=1S/C16H13NO2/c1-11-6-7-17-16(8-11)19-15-10-13-5-3-2-4-12(13)9-14(15)18/h2-10,18H,1H3. The summed E-state index contributed by atoms with van der Waals surface area (Å²) in [6.07, 6.45) is 1.68. The summed E-state index contributed by atoms with van der Waals surface area (Å²) in [5.41, 5.74) is 1.06. The Hall–Kier alpha value is -2.55. The van der Waals surface area contributed by atoms with Gasteiger partial charge in [-0.3, -0.25) is 0 Å². The van der Waals surface area contributed by atoms with Crippen molar-refractivity contribution in [1.29, 1.82) is 0 Å². The van der Waals surface area contributed by atoms with Crippen molar-refractivity contribution in [3.05, 3.63) is 60.3 Å². The van der Waals surface area contributed by atoms with Crippen LogP contribution >= 0.6 is 0 Å². The number of fused-ring (bicyclic) bond motifs is 1. The summed E-state index contributed by atoms with van der Waals surface area (Å²) in [7, 11) is 0. The molecule has 3 aromatic rings. The van der Waals surface area contributed by atoms with Crippen LogP contribution in [-0.2, 0) is 0 Å². The van der Waals surface area contributed by atoms with E-state index in [1.807, 2.05) is 49.4 Å². The summed E-state index contributed by atoms with van der Waals surface area (Å²) in [5, 5.41) is 12.0. The maximum Gasteiger partial charge on any atom is 0.219 e. The quantitative estimate of drug-likeness (QED) is 0.747. The molecule has 3 rings (SSSR count). The molecule has 1 aromatic heterocycles. The maximum atomic E-state index is 9.99. The number of nitrogens with zero attached hydrogens (tertiary/aromatic N) is 1. The van der Waals surface area contributed by atoms with Crippen LogP contribution in [-0.4, -0.2) is 10.1 Å². The number of pyridine rings is 1. The predicted molar refractivity (Wildman–Crippen MR) is 74.7 cm³/mol. The van der Waals surface area contributed by atoms with Gasteiger partial charge in [0.15, 0.2) is 11.5 Å². The Bertz CT molecular complexity index is 738. The third-order valence-corrected chi connectivity index (χ3v) is 2.93. The van der Waals surface area contributed by atoms with Crippen molar-refractivity contribution in [2.24, 2.45) is 0 Å². The molecule has 0 saturated carbocycles. The lowest BCUT2D eigenvalue weighted by molar-refractivity contribution is 0.403. The largest absolute Gasteiger partial charge is 0.504 e. The van der Waals surface area contributed by atoms with E-state index in [0.717, 1.165) is 16.3 Å². The van der Waals surface area contributed by atoms with E-state index in [-0.39, 0.29) is 5.75 Å². The fourth-order valence-electron chi connectivity index (χ4n) is 1.97. The topological polar surface area (TPSA) is 42.4 Å². The third-order valence-electron chi connectivity index (χ3n) is 2.93. The lowest BCUT2D eigenvalue weighted by Gasteiger charge is -2.08. The highest BCUT2D eigenvalue weighted by Crippen LogP contribution is 2.34. The number of aryl methyl sites for hydroxylation is 1. The van der Waals surface area contributed by atoms with Crippen LogP contribution in [0.5, 0.6) is 17.4 Å². The zero-order valence-electron chi connectivity index (χ0n) is 10.5. The molecule has 0 fully saturated rings. The minimum absolute atomic E-state index is 0.113. The van der Waals surface area contributed by atoms with Gasteiger partial charge in [0.2, 0.25) is 5.88 Å². The van der Waals surface area contributed by atoms with Gasteiger partial charge in [-0.15, -0.1) is 0 Å². The van der Waals surface area contributed by atoms with Crippen LogP contribution in [0.25, 0.3) is 10.8 Å². The molecule has 0 atom stereocenters. The first-order valence-corrected chi connectivity index (χ1v) is 6.05. The lowest BCUT2D eigenvalue weighted by Crippen LogP contribution is -1.89. The molecule has 1 N–H and O–H groups in total. The Labute approximate surface area is 111 Å². The van der Waals surface area contributed by atoms with Gasteiger partial charge in [0.05, 0.1) is 0 Å². The number of ether oxygens (including phenoxy) is 1. The molecule has 3 nitrogen and oxygen atoms in total. The van der Waals surface area contributed by atoms with Crippen molar-refractivity contribution < 1.29 is 9.84 Å². The first kappa shape index (κ1) is 11.5. The number of phenols is 1. The molecule has 0 amide bonds. The van der Waals surface area contributed by atoms with Gasteiger partial charge < -0.3 is 9.84 Å². The number of aromatic nitrogens is 1. The normalized spacial score (nSPS) is 10.6. The molecule has 0 aliphatic carbocycles. The number of phenolic OH excluding ortho intramolecular Hbond substituents is 1. The fraction of sp³-hybridized carbons (Fsp3) is 0.0625.